The van der Waals surface area contributed by atoms with Crippen molar-refractivity contribution < 1.29 is 23.5 Å². The molecule has 0 unspecified atom stereocenters. The first-order chi connectivity index (χ1) is 8.73. The minimum absolute atomic E-state index is 0.151. The van der Waals surface area contributed by atoms with Crippen LogP contribution in [0.3, 0.4) is 0 Å². The molecule has 4 nitrogen and oxygen atoms in total. The quantitative estimate of drug-likeness (QED) is 0.888. The summed E-state index contributed by atoms with van der Waals surface area (Å²) in [5, 5.41) is 11.0. The van der Waals surface area contributed by atoms with Gasteiger partial charge in [0.1, 0.15) is 23.2 Å². The fourth-order valence-corrected chi connectivity index (χ4v) is 1.89. The standard InChI is InChI=1S/C12H12BrF2NO3/c1-5(2)10(12(18)19)16-11(17)9-7(14)3-6(13)4-8(9)15/h3-5,10H,1-2H3,(H,16,17)(H,18,19)/t10-/m0/s1. The number of carboxylic acids is 1. The van der Waals surface area contributed by atoms with Crippen LogP contribution in [0.2, 0.25) is 0 Å². The number of benzene rings is 1. The van der Waals surface area contributed by atoms with Gasteiger partial charge in [0.15, 0.2) is 0 Å². The number of rotatable bonds is 4. The van der Waals surface area contributed by atoms with Crippen molar-refractivity contribution >= 4 is 27.8 Å². The Labute approximate surface area is 116 Å². The van der Waals surface area contributed by atoms with Crippen LogP contribution in [0.25, 0.3) is 0 Å². The normalized spacial score (nSPS) is 12.3. The number of amides is 1. The van der Waals surface area contributed by atoms with Crippen LogP contribution in [0.1, 0.15) is 24.2 Å². The molecule has 0 saturated carbocycles. The van der Waals surface area contributed by atoms with Gasteiger partial charge in [-0.05, 0) is 18.1 Å². The van der Waals surface area contributed by atoms with E-state index in [-0.39, 0.29) is 4.47 Å². The highest BCUT2D eigenvalue weighted by atomic mass is 79.9. The van der Waals surface area contributed by atoms with Gasteiger partial charge in [0.05, 0.1) is 0 Å². The number of hydrogen-bond acceptors (Lipinski definition) is 2. The maximum absolute atomic E-state index is 13.5. The van der Waals surface area contributed by atoms with Crippen molar-refractivity contribution in [1.29, 1.82) is 0 Å². The van der Waals surface area contributed by atoms with Gasteiger partial charge < -0.3 is 10.4 Å². The number of halogens is 3. The lowest BCUT2D eigenvalue weighted by molar-refractivity contribution is -0.140. The average Bonchev–Trinajstić information content (AvgIpc) is 2.23. The zero-order valence-corrected chi connectivity index (χ0v) is 11.8. The highest BCUT2D eigenvalue weighted by Gasteiger charge is 2.27. The summed E-state index contributed by atoms with van der Waals surface area (Å²) >= 11 is 2.89. The molecular weight excluding hydrogens is 324 g/mol. The molecule has 19 heavy (non-hydrogen) atoms. The molecule has 0 heterocycles. The number of carboxylic acid groups (broad SMARTS) is 1. The Morgan fingerprint density at radius 3 is 2.11 bits per heavy atom. The van der Waals surface area contributed by atoms with Gasteiger partial charge in [0, 0.05) is 4.47 Å². The molecule has 1 atom stereocenters. The predicted molar refractivity (Wildman–Crippen MR) is 67.8 cm³/mol. The number of aliphatic carboxylic acids is 1. The Hall–Kier alpha value is -1.50. The molecule has 104 valence electrons. The van der Waals surface area contributed by atoms with E-state index in [2.05, 4.69) is 21.2 Å². The lowest BCUT2D eigenvalue weighted by atomic mass is 10.0. The molecule has 1 amide bonds. The summed E-state index contributed by atoms with van der Waals surface area (Å²) in [5.41, 5.74) is -0.796. The lowest BCUT2D eigenvalue weighted by Gasteiger charge is -2.18. The summed E-state index contributed by atoms with van der Waals surface area (Å²) in [6.45, 7) is 3.15. The Balaban J connectivity index is 3.05. The van der Waals surface area contributed by atoms with E-state index in [9.17, 15) is 18.4 Å². The topological polar surface area (TPSA) is 66.4 Å². The van der Waals surface area contributed by atoms with E-state index in [0.29, 0.717) is 0 Å². The third kappa shape index (κ3) is 3.73. The van der Waals surface area contributed by atoms with Crippen LogP contribution in [0, 0.1) is 17.6 Å². The zero-order valence-electron chi connectivity index (χ0n) is 10.2. The van der Waals surface area contributed by atoms with Crippen LogP contribution in [0.15, 0.2) is 16.6 Å². The van der Waals surface area contributed by atoms with E-state index >= 15 is 0 Å². The molecule has 0 aliphatic heterocycles. The average molecular weight is 336 g/mol. The molecule has 0 aliphatic rings. The van der Waals surface area contributed by atoms with Crippen molar-refractivity contribution in [2.24, 2.45) is 5.92 Å². The highest BCUT2D eigenvalue weighted by molar-refractivity contribution is 9.10. The molecule has 0 saturated heterocycles. The van der Waals surface area contributed by atoms with E-state index < -0.39 is 41.0 Å². The van der Waals surface area contributed by atoms with Gasteiger partial charge in [-0.1, -0.05) is 29.8 Å². The van der Waals surface area contributed by atoms with Crippen LogP contribution < -0.4 is 5.32 Å². The molecule has 0 bridgehead atoms. The second kappa shape index (κ2) is 6.10. The van der Waals surface area contributed by atoms with E-state index in [1.54, 1.807) is 13.8 Å². The van der Waals surface area contributed by atoms with Crippen LogP contribution >= 0.6 is 15.9 Å². The fraction of sp³-hybridized carbons (Fsp3) is 0.333. The largest absolute Gasteiger partial charge is 0.480 e. The number of nitrogens with one attached hydrogen (secondary N) is 1. The van der Waals surface area contributed by atoms with Gasteiger partial charge in [-0.3, -0.25) is 4.79 Å². The predicted octanol–water partition coefficient (Wildman–Crippen LogP) is 2.57. The maximum atomic E-state index is 13.5. The Bertz CT molecular complexity index is 497. The van der Waals surface area contributed by atoms with Crippen LogP contribution in [0.5, 0.6) is 0 Å². The van der Waals surface area contributed by atoms with Gasteiger partial charge in [-0.2, -0.15) is 0 Å². The summed E-state index contributed by atoms with van der Waals surface area (Å²) in [7, 11) is 0. The first kappa shape index (κ1) is 15.6. The van der Waals surface area contributed by atoms with Gasteiger partial charge in [-0.15, -0.1) is 0 Å². The van der Waals surface area contributed by atoms with E-state index in [1.807, 2.05) is 0 Å². The summed E-state index contributed by atoms with van der Waals surface area (Å²) in [6, 6.07) is 0.654. The third-order valence-corrected chi connectivity index (χ3v) is 2.91. The van der Waals surface area contributed by atoms with E-state index in [1.165, 1.54) is 0 Å². The summed E-state index contributed by atoms with van der Waals surface area (Å²) in [5.74, 6) is -4.89. The fourth-order valence-electron chi connectivity index (χ4n) is 1.49. The molecule has 1 aromatic carbocycles. The molecule has 0 aromatic heterocycles. The summed E-state index contributed by atoms with van der Waals surface area (Å²) in [4.78, 5) is 22.7. The highest BCUT2D eigenvalue weighted by Crippen LogP contribution is 2.19. The van der Waals surface area contributed by atoms with Gasteiger partial charge in [0.25, 0.3) is 5.91 Å². The van der Waals surface area contributed by atoms with Gasteiger partial charge in [-0.25, -0.2) is 13.6 Å². The van der Waals surface area contributed by atoms with E-state index in [0.717, 1.165) is 12.1 Å². The SMILES string of the molecule is CC(C)[C@H](NC(=O)c1c(F)cc(Br)cc1F)C(=O)O. The third-order valence-electron chi connectivity index (χ3n) is 2.45. The molecule has 0 fully saturated rings. The van der Waals surface area contributed by atoms with Crippen molar-refractivity contribution in [1.82, 2.24) is 5.32 Å². The molecule has 0 aliphatic carbocycles. The maximum Gasteiger partial charge on any atom is 0.326 e. The monoisotopic (exact) mass is 335 g/mol. The first-order valence-corrected chi connectivity index (χ1v) is 6.21. The minimum atomic E-state index is -1.26. The van der Waals surface area contributed by atoms with Crippen molar-refractivity contribution in [3.8, 4) is 0 Å². The van der Waals surface area contributed by atoms with Crippen molar-refractivity contribution in [2.75, 3.05) is 0 Å². The molecule has 0 spiro atoms. The molecule has 0 radical (unpaired) electrons. The van der Waals surface area contributed by atoms with Crippen LogP contribution in [-0.2, 0) is 4.79 Å². The Morgan fingerprint density at radius 1 is 1.26 bits per heavy atom. The Morgan fingerprint density at radius 2 is 1.74 bits per heavy atom. The minimum Gasteiger partial charge on any atom is -0.480 e. The van der Waals surface area contributed by atoms with Gasteiger partial charge >= 0.3 is 5.97 Å². The first-order valence-electron chi connectivity index (χ1n) is 5.42. The summed E-state index contributed by atoms with van der Waals surface area (Å²) in [6.07, 6.45) is 0. The molecule has 1 aromatic rings. The second-order valence-corrected chi connectivity index (χ2v) is 5.19. The van der Waals surface area contributed by atoms with E-state index in [4.69, 9.17) is 5.11 Å². The molecule has 2 N–H and O–H groups in total. The molecule has 7 heteroatoms. The van der Waals surface area contributed by atoms with Gasteiger partial charge in [0.2, 0.25) is 0 Å². The second-order valence-electron chi connectivity index (χ2n) is 4.28. The molecule has 1 rings (SSSR count). The number of carbonyl (C=O) groups excluding carboxylic acids is 1. The van der Waals surface area contributed by atoms with Crippen molar-refractivity contribution in [3.05, 3.63) is 33.8 Å². The smallest absolute Gasteiger partial charge is 0.326 e. The number of hydrogen-bond donors (Lipinski definition) is 2. The van der Waals surface area contributed by atoms with Crippen LogP contribution in [-0.4, -0.2) is 23.0 Å². The molecular formula is C12H12BrF2NO3. The number of carbonyl (C=O) groups is 2. The Kier molecular flexibility index (Phi) is 4.99. The summed E-state index contributed by atoms with van der Waals surface area (Å²) < 4.78 is 27.2. The van der Waals surface area contributed by atoms with Crippen LogP contribution in [0.4, 0.5) is 8.78 Å². The van der Waals surface area contributed by atoms with Crippen molar-refractivity contribution in [2.45, 2.75) is 19.9 Å². The lowest BCUT2D eigenvalue weighted by Crippen LogP contribution is -2.44. The van der Waals surface area contributed by atoms with Crippen molar-refractivity contribution in [3.63, 3.8) is 0 Å². The zero-order chi connectivity index (χ0) is 14.7.